The van der Waals surface area contributed by atoms with Crippen molar-refractivity contribution in [3.63, 3.8) is 0 Å². The van der Waals surface area contributed by atoms with E-state index >= 15 is 0 Å². The molecule has 0 bridgehead atoms. The normalized spacial score (nSPS) is 10.5. The Morgan fingerprint density at radius 1 is 0.833 bits per heavy atom. The van der Waals surface area contributed by atoms with Gasteiger partial charge in [-0.25, -0.2) is 5.43 Å². The Labute approximate surface area is 209 Å². The SMILES string of the molecule is CCOc1ccccc1NC(=O)C(=O)N/N=C\c1ccc(OCC(=O)Nc2ccc(CC)cc2)cc1. The predicted molar refractivity (Wildman–Crippen MR) is 138 cm³/mol. The van der Waals surface area contributed by atoms with E-state index < -0.39 is 11.8 Å². The molecule has 3 amide bonds. The monoisotopic (exact) mass is 488 g/mol. The van der Waals surface area contributed by atoms with Crippen molar-refractivity contribution in [3.8, 4) is 11.5 Å². The fourth-order valence-corrected chi connectivity index (χ4v) is 3.07. The molecule has 0 radical (unpaired) electrons. The van der Waals surface area contributed by atoms with Crippen LogP contribution >= 0.6 is 0 Å². The van der Waals surface area contributed by atoms with Gasteiger partial charge in [-0.1, -0.05) is 31.2 Å². The summed E-state index contributed by atoms with van der Waals surface area (Å²) in [5.74, 6) is -1.10. The molecule has 3 aromatic carbocycles. The lowest BCUT2D eigenvalue weighted by Gasteiger charge is -2.10. The van der Waals surface area contributed by atoms with Crippen molar-refractivity contribution >= 4 is 35.3 Å². The Hall–Kier alpha value is -4.66. The Morgan fingerprint density at radius 2 is 1.56 bits per heavy atom. The van der Waals surface area contributed by atoms with Gasteiger partial charge in [0.2, 0.25) is 0 Å². The van der Waals surface area contributed by atoms with Gasteiger partial charge in [0.15, 0.2) is 6.61 Å². The van der Waals surface area contributed by atoms with Crippen molar-refractivity contribution in [2.75, 3.05) is 23.8 Å². The van der Waals surface area contributed by atoms with Gasteiger partial charge in [-0.3, -0.25) is 14.4 Å². The van der Waals surface area contributed by atoms with Crippen molar-refractivity contribution in [1.82, 2.24) is 5.43 Å². The quantitative estimate of drug-likeness (QED) is 0.228. The molecule has 186 valence electrons. The van der Waals surface area contributed by atoms with Crippen molar-refractivity contribution < 1.29 is 23.9 Å². The zero-order chi connectivity index (χ0) is 25.8. The van der Waals surface area contributed by atoms with E-state index in [-0.39, 0.29) is 12.5 Å². The molecule has 0 spiro atoms. The van der Waals surface area contributed by atoms with E-state index in [0.717, 1.165) is 6.42 Å². The molecule has 0 aliphatic heterocycles. The number of anilines is 2. The summed E-state index contributed by atoms with van der Waals surface area (Å²) in [5.41, 5.74) is 5.13. The highest BCUT2D eigenvalue weighted by Gasteiger charge is 2.15. The standard InChI is InChI=1S/C27H28N4O5/c1-3-19-9-13-21(14-10-19)29-25(32)18-36-22-15-11-20(12-16-22)17-28-31-27(34)26(33)30-23-7-5-6-8-24(23)35-4-2/h5-17H,3-4,18H2,1-2H3,(H,29,32)(H,30,33)(H,31,34)/b28-17-. The van der Waals surface area contributed by atoms with Crippen molar-refractivity contribution in [3.05, 3.63) is 83.9 Å². The van der Waals surface area contributed by atoms with E-state index in [1.54, 1.807) is 48.5 Å². The number of hydrogen-bond acceptors (Lipinski definition) is 6. The van der Waals surface area contributed by atoms with Crippen LogP contribution in [0.3, 0.4) is 0 Å². The van der Waals surface area contributed by atoms with E-state index in [4.69, 9.17) is 9.47 Å². The van der Waals surface area contributed by atoms with Gasteiger partial charge in [-0.15, -0.1) is 0 Å². The largest absolute Gasteiger partial charge is 0.492 e. The van der Waals surface area contributed by atoms with Crippen molar-refractivity contribution in [1.29, 1.82) is 0 Å². The minimum atomic E-state index is -0.923. The number of nitrogens with zero attached hydrogens (tertiary/aromatic N) is 1. The Bertz CT molecular complexity index is 1210. The van der Waals surface area contributed by atoms with Gasteiger partial charge < -0.3 is 20.1 Å². The molecular weight excluding hydrogens is 460 g/mol. The third-order valence-electron chi connectivity index (χ3n) is 4.92. The van der Waals surface area contributed by atoms with Gasteiger partial charge in [-0.05, 0) is 73.0 Å². The zero-order valence-electron chi connectivity index (χ0n) is 20.1. The lowest BCUT2D eigenvalue weighted by atomic mass is 10.1. The lowest BCUT2D eigenvalue weighted by Crippen LogP contribution is -2.32. The number of carbonyl (C=O) groups excluding carboxylic acids is 3. The maximum absolute atomic E-state index is 12.1. The molecule has 36 heavy (non-hydrogen) atoms. The minimum absolute atomic E-state index is 0.138. The highest BCUT2D eigenvalue weighted by atomic mass is 16.5. The molecule has 3 N–H and O–H groups in total. The Balaban J connectivity index is 1.43. The smallest absolute Gasteiger partial charge is 0.329 e. The average molecular weight is 489 g/mol. The first kappa shape index (κ1) is 26.0. The molecule has 9 heteroatoms. The number of rotatable bonds is 10. The highest BCUT2D eigenvalue weighted by molar-refractivity contribution is 6.39. The topological polar surface area (TPSA) is 118 Å². The van der Waals surface area contributed by atoms with Crippen LogP contribution in [0.25, 0.3) is 0 Å². The number of ether oxygens (including phenoxy) is 2. The number of benzene rings is 3. The first-order valence-electron chi connectivity index (χ1n) is 11.5. The highest BCUT2D eigenvalue weighted by Crippen LogP contribution is 2.23. The van der Waals surface area contributed by atoms with E-state index in [1.807, 2.05) is 31.2 Å². The van der Waals surface area contributed by atoms with Crippen LogP contribution < -0.4 is 25.5 Å². The van der Waals surface area contributed by atoms with Gasteiger partial charge in [0, 0.05) is 5.69 Å². The van der Waals surface area contributed by atoms with Gasteiger partial charge in [0.25, 0.3) is 5.91 Å². The third-order valence-corrected chi connectivity index (χ3v) is 4.92. The van der Waals surface area contributed by atoms with Crippen LogP contribution in [0.1, 0.15) is 25.0 Å². The van der Waals surface area contributed by atoms with E-state index in [0.29, 0.717) is 35.0 Å². The second kappa shape index (κ2) is 13.3. The second-order valence-electron chi connectivity index (χ2n) is 7.54. The lowest BCUT2D eigenvalue weighted by molar-refractivity contribution is -0.136. The molecule has 3 aromatic rings. The van der Waals surface area contributed by atoms with Gasteiger partial charge in [0.05, 0.1) is 18.5 Å². The molecule has 0 saturated heterocycles. The molecule has 0 aromatic heterocycles. The molecule has 0 aliphatic carbocycles. The van der Waals surface area contributed by atoms with Crippen LogP contribution in [0, 0.1) is 0 Å². The summed E-state index contributed by atoms with van der Waals surface area (Å²) in [6.45, 7) is 4.18. The zero-order valence-corrected chi connectivity index (χ0v) is 20.1. The average Bonchev–Trinajstić information content (AvgIpc) is 2.90. The van der Waals surface area contributed by atoms with E-state index in [2.05, 4.69) is 28.1 Å². The molecule has 3 rings (SSSR count). The number of para-hydroxylation sites is 2. The summed E-state index contributed by atoms with van der Waals surface area (Å²) in [5, 5.41) is 9.08. The molecular formula is C27H28N4O5. The fraction of sp³-hybridized carbons (Fsp3) is 0.185. The molecule has 0 fully saturated rings. The molecule has 9 nitrogen and oxygen atoms in total. The maximum Gasteiger partial charge on any atom is 0.329 e. The fourth-order valence-electron chi connectivity index (χ4n) is 3.07. The van der Waals surface area contributed by atoms with Crippen LogP contribution in [0.2, 0.25) is 0 Å². The summed E-state index contributed by atoms with van der Waals surface area (Å²) in [7, 11) is 0. The summed E-state index contributed by atoms with van der Waals surface area (Å²) >= 11 is 0. The molecule has 0 aliphatic rings. The summed E-state index contributed by atoms with van der Waals surface area (Å²) in [4.78, 5) is 36.3. The second-order valence-corrected chi connectivity index (χ2v) is 7.54. The van der Waals surface area contributed by atoms with Gasteiger partial charge >= 0.3 is 11.8 Å². The van der Waals surface area contributed by atoms with Crippen molar-refractivity contribution in [2.45, 2.75) is 20.3 Å². The number of nitrogens with one attached hydrogen (secondary N) is 3. The number of aryl methyl sites for hydroxylation is 1. The van der Waals surface area contributed by atoms with Gasteiger partial charge in [0.1, 0.15) is 11.5 Å². The third kappa shape index (κ3) is 7.98. The first-order valence-corrected chi connectivity index (χ1v) is 11.5. The number of hydrogen-bond donors (Lipinski definition) is 3. The molecule has 0 atom stereocenters. The Kier molecular flexibility index (Phi) is 9.58. The summed E-state index contributed by atoms with van der Waals surface area (Å²) < 4.78 is 10.9. The number of hydrazone groups is 1. The van der Waals surface area contributed by atoms with E-state index in [9.17, 15) is 14.4 Å². The number of carbonyl (C=O) groups is 3. The van der Waals surface area contributed by atoms with Crippen LogP contribution in [-0.2, 0) is 20.8 Å². The molecule has 0 unspecified atom stereocenters. The molecule has 0 saturated carbocycles. The summed E-state index contributed by atoms with van der Waals surface area (Å²) in [6.07, 6.45) is 2.32. The molecule has 0 heterocycles. The maximum atomic E-state index is 12.1. The Morgan fingerprint density at radius 3 is 2.25 bits per heavy atom. The van der Waals surface area contributed by atoms with Gasteiger partial charge in [-0.2, -0.15) is 5.10 Å². The van der Waals surface area contributed by atoms with Crippen LogP contribution in [-0.4, -0.2) is 37.1 Å². The van der Waals surface area contributed by atoms with Crippen LogP contribution in [0.5, 0.6) is 11.5 Å². The number of amides is 3. The first-order chi connectivity index (χ1) is 17.5. The predicted octanol–water partition coefficient (Wildman–Crippen LogP) is 3.75. The van der Waals surface area contributed by atoms with Crippen LogP contribution in [0.15, 0.2) is 77.9 Å². The van der Waals surface area contributed by atoms with E-state index in [1.165, 1.54) is 11.8 Å². The van der Waals surface area contributed by atoms with Crippen molar-refractivity contribution in [2.24, 2.45) is 5.10 Å². The van der Waals surface area contributed by atoms with Crippen LogP contribution in [0.4, 0.5) is 11.4 Å². The minimum Gasteiger partial charge on any atom is -0.492 e. The summed E-state index contributed by atoms with van der Waals surface area (Å²) in [6, 6.07) is 21.2.